The minimum atomic E-state index is -1.06. The fraction of sp³-hybridized carbons (Fsp3) is 0.133. The van der Waals surface area contributed by atoms with E-state index in [0.717, 1.165) is 11.1 Å². The summed E-state index contributed by atoms with van der Waals surface area (Å²) in [5.41, 5.74) is 1.32. The molecule has 0 radical (unpaired) electrons. The second-order valence-electron chi connectivity index (χ2n) is 4.60. The van der Waals surface area contributed by atoms with Crippen LogP contribution in [0.15, 0.2) is 40.9 Å². The number of para-hydroxylation sites is 1. The number of carboxylic acid groups (broad SMARTS) is 1. The first-order valence-electron chi connectivity index (χ1n) is 6.42. The maximum atomic E-state index is 11.2. The second kappa shape index (κ2) is 5.24. The first kappa shape index (κ1) is 13.1. The standard InChI is InChI=1S/C15H13N3O3/c1-9-7-17-14(21-9)8-16-12-6-13(15(19)20)18-11-5-3-2-4-10(11)12/h2-7H,8H2,1H3,(H,16,18)(H,19,20). The van der Waals surface area contributed by atoms with E-state index in [9.17, 15) is 4.79 Å². The second-order valence-corrected chi connectivity index (χ2v) is 4.60. The molecule has 0 atom stereocenters. The van der Waals surface area contributed by atoms with Crippen LogP contribution in [0.4, 0.5) is 5.69 Å². The van der Waals surface area contributed by atoms with Crippen LogP contribution in [0.1, 0.15) is 22.1 Å². The highest BCUT2D eigenvalue weighted by Gasteiger charge is 2.11. The lowest BCUT2D eigenvalue weighted by Gasteiger charge is -2.09. The minimum Gasteiger partial charge on any atom is -0.477 e. The zero-order chi connectivity index (χ0) is 14.8. The van der Waals surface area contributed by atoms with Crippen molar-refractivity contribution in [3.05, 3.63) is 53.9 Å². The summed E-state index contributed by atoms with van der Waals surface area (Å²) < 4.78 is 5.39. The maximum Gasteiger partial charge on any atom is 0.354 e. The number of benzene rings is 1. The number of aromatic carboxylic acids is 1. The van der Waals surface area contributed by atoms with Crippen molar-refractivity contribution >= 4 is 22.6 Å². The highest BCUT2D eigenvalue weighted by molar-refractivity contribution is 5.97. The van der Waals surface area contributed by atoms with Gasteiger partial charge >= 0.3 is 5.97 Å². The first-order chi connectivity index (χ1) is 10.1. The molecule has 106 valence electrons. The summed E-state index contributed by atoms with van der Waals surface area (Å²) in [7, 11) is 0. The summed E-state index contributed by atoms with van der Waals surface area (Å²) in [6.45, 7) is 2.20. The monoisotopic (exact) mass is 283 g/mol. The molecule has 2 N–H and O–H groups in total. The minimum absolute atomic E-state index is 0.000199. The quantitative estimate of drug-likeness (QED) is 0.765. The van der Waals surface area contributed by atoms with Crippen LogP contribution in [0.2, 0.25) is 0 Å². The molecule has 0 aliphatic heterocycles. The molecule has 3 aromatic rings. The number of rotatable bonds is 4. The van der Waals surface area contributed by atoms with E-state index in [4.69, 9.17) is 9.52 Å². The van der Waals surface area contributed by atoms with E-state index in [1.807, 2.05) is 25.1 Å². The van der Waals surface area contributed by atoms with Crippen LogP contribution in [0.3, 0.4) is 0 Å². The van der Waals surface area contributed by atoms with Gasteiger partial charge in [0.05, 0.1) is 18.3 Å². The van der Waals surface area contributed by atoms with Crippen LogP contribution in [-0.2, 0) is 6.54 Å². The number of fused-ring (bicyclic) bond motifs is 1. The zero-order valence-electron chi connectivity index (χ0n) is 11.3. The smallest absolute Gasteiger partial charge is 0.354 e. The number of oxazole rings is 1. The van der Waals surface area contributed by atoms with E-state index >= 15 is 0 Å². The third-order valence-electron chi connectivity index (χ3n) is 3.03. The summed E-state index contributed by atoms with van der Waals surface area (Å²) in [5, 5.41) is 13.1. The Morgan fingerprint density at radius 1 is 1.38 bits per heavy atom. The van der Waals surface area contributed by atoms with E-state index in [2.05, 4.69) is 15.3 Å². The molecule has 3 rings (SSSR count). The molecule has 0 spiro atoms. The predicted molar refractivity (Wildman–Crippen MR) is 77.3 cm³/mol. The number of hydrogen-bond donors (Lipinski definition) is 2. The van der Waals surface area contributed by atoms with Crippen LogP contribution in [0.25, 0.3) is 10.9 Å². The van der Waals surface area contributed by atoms with Gasteiger partial charge in [-0.05, 0) is 19.1 Å². The lowest BCUT2D eigenvalue weighted by Crippen LogP contribution is -2.05. The van der Waals surface area contributed by atoms with Crippen LogP contribution in [0.5, 0.6) is 0 Å². The van der Waals surface area contributed by atoms with Gasteiger partial charge in [0.1, 0.15) is 5.76 Å². The topological polar surface area (TPSA) is 88.2 Å². The van der Waals surface area contributed by atoms with Gasteiger partial charge in [-0.25, -0.2) is 14.8 Å². The van der Waals surface area contributed by atoms with E-state index < -0.39 is 5.97 Å². The Hall–Kier alpha value is -2.89. The number of nitrogens with one attached hydrogen (secondary N) is 1. The number of hydrogen-bond acceptors (Lipinski definition) is 5. The highest BCUT2D eigenvalue weighted by Crippen LogP contribution is 2.23. The maximum absolute atomic E-state index is 11.2. The molecule has 0 aliphatic carbocycles. The molecule has 2 heterocycles. The lowest BCUT2D eigenvalue weighted by atomic mass is 10.1. The van der Waals surface area contributed by atoms with Crippen LogP contribution in [0, 0.1) is 6.92 Å². The van der Waals surface area contributed by atoms with Crippen molar-refractivity contribution in [2.24, 2.45) is 0 Å². The van der Waals surface area contributed by atoms with Crippen molar-refractivity contribution in [1.29, 1.82) is 0 Å². The fourth-order valence-electron chi connectivity index (χ4n) is 2.09. The molecule has 0 fully saturated rings. The molecule has 21 heavy (non-hydrogen) atoms. The van der Waals surface area contributed by atoms with Crippen LogP contribution in [-0.4, -0.2) is 21.0 Å². The zero-order valence-corrected chi connectivity index (χ0v) is 11.3. The molecule has 6 heteroatoms. The Morgan fingerprint density at radius 3 is 2.90 bits per heavy atom. The highest BCUT2D eigenvalue weighted by atomic mass is 16.4. The van der Waals surface area contributed by atoms with Crippen molar-refractivity contribution in [3.63, 3.8) is 0 Å². The molecule has 2 aromatic heterocycles. The Labute approximate surface area is 120 Å². The first-order valence-corrected chi connectivity index (χ1v) is 6.42. The fourth-order valence-corrected chi connectivity index (χ4v) is 2.09. The Morgan fingerprint density at radius 2 is 2.19 bits per heavy atom. The van der Waals surface area contributed by atoms with Gasteiger partial charge in [-0.2, -0.15) is 0 Å². The van der Waals surface area contributed by atoms with E-state index in [-0.39, 0.29) is 5.69 Å². The van der Waals surface area contributed by atoms with Gasteiger partial charge in [-0.15, -0.1) is 0 Å². The van der Waals surface area contributed by atoms with Crippen molar-refractivity contribution in [3.8, 4) is 0 Å². The van der Waals surface area contributed by atoms with E-state index in [1.54, 1.807) is 12.3 Å². The van der Waals surface area contributed by atoms with Gasteiger partial charge in [0, 0.05) is 11.1 Å². The summed E-state index contributed by atoms with van der Waals surface area (Å²) >= 11 is 0. The average Bonchev–Trinajstić information content (AvgIpc) is 2.90. The lowest BCUT2D eigenvalue weighted by molar-refractivity contribution is 0.0691. The molecule has 0 saturated carbocycles. The number of carboxylic acids is 1. The number of anilines is 1. The van der Waals surface area contributed by atoms with Gasteiger partial charge in [0.2, 0.25) is 5.89 Å². The predicted octanol–water partition coefficient (Wildman–Crippen LogP) is 2.84. The molecule has 0 amide bonds. The number of carbonyl (C=O) groups is 1. The van der Waals surface area contributed by atoms with Gasteiger partial charge in [-0.1, -0.05) is 18.2 Å². The van der Waals surface area contributed by atoms with Crippen LogP contribution >= 0.6 is 0 Å². The summed E-state index contributed by atoms with van der Waals surface area (Å²) in [5.74, 6) is 0.221. The molecular formula is C15H13N3O3. The molecular weight excluding hydrogens is 270 g/mol. The normalized spacial score (nSPS) is 10.7. The van der Waals surface area contributed by atoms with Crippen molar-refractivity contribution in [2.45, 2.75) is 13.5 Å². The molecule has 6 nitrogen and oxygen atoms in total. The SMILES string of the molecule is Cc1cnc(CNc2cc(C(=O)O)nc3ccccc23)o1. The van der Waals surface area contributed by atoms with Gasteiger partial charge in [0.15, 0.2) is 5.69 Å². The number of aryl methyl sites for hydroxylation is 1. The van der Waals surface area contributed by atoms with Crippen molar-refractivity contribution < 1.29 is 14.3 Å². The summed E-state index contributed by atoms with van der Waals surface area (Å²) in [4.78, 5) is 19.4. The van der Waals surface area contributed by atoms with Gasteiger partial charge in [-0.3, -0.25) is 0 Å². The number of nitrogens with zero attached hydrogens (tertiary/aromatic N) is 2. The Balaban J connectivity index is 1.97. The third kappa shape index (κ3) is 2.69. The molecule has 0 saturated heterocycles. The number of pyridine rings is 1. The summed E-state index contributed by atoms with van der Waals surface area (Å²) in [6, 6.07) is 8.88. The Bertz CT molecular complexity index is 811. The van der Waals surface area contributed by atoms with Crippen molar-refractivity contribution in [1.82, 2.24) is 9.97 Å². The van der Waals surface area contributed by atoms with Crippen molar-refractivity contribution in [2.75, 3.05) is 5.32 Å². The largest absolute Gasteiger partial charge is 0.477 e. The van der Waals surface area contributed by atoms with Crippen LogP contribution < -0.4 is 5.32 Å². The molecule has 0 aliphatic rings. The van der Waals surface area contributed by atoms with E-state index in [0.29, 0.717) is 23.6 Å². The molecule has 1 aromatic carbocycles. The molecule has 0 bridgehead atoms. The summed E-state index contributed by atoms with van der Waals surface area (Å²) in [6.07, 6.45) is 1.64. The Kier molecular flexibility index (Phi) is 3.27. The van der Waals surface area contributed by atoms with Gasteiger partial charge < -0.3 is 14.8 Å². The molecule has 0 unspecified atom stereocenters. The average molecular weight is 283 g/mol. The third-order valence-corrected chi connectivity index (χ3v) is 3.03. The van der Waals surface area contributed by atoms with E-state index in [1.165, 1.54) is 6.07 Å². The van der Waals surface area contributed by atoms with Gasteiger partial charge in [0.25, 0.3) is 0 Å². The number of aromatic nitrogens is 2.